The molecule has 3 heterocycles. The molecule has 4 rings (SSSR count). The highest BCUT2D eigenvalue weighted by Crippen LogP contribution is 2.30. The lowest BCUT2D eigenvalue weighted by Crippen LogP contribution is -2.38. The fourth-order valence-corrected chi connectivity index (χ4v) is 5.00. The van der Waals surface area contributed by atoms with Crippen LogP contribution in [0.5, 0.6) is 5.75 Å². The minimum atomic E-state index is -0.470. The van der Waals surface area contributed by atoms with Gasteiger partial charge in [-0.1, -0.05) is 6.92 Å². The Balaban J connectivity index is 1.53. The zero-order valence-electron chi connectivity index (χ0n) is 17.6. The Bertz CT molecular complexity index is 1100. The van der Waals surface area contributed by atoms with Gasteiger partial charge in [0.1, 0.15) is 5.75 Å². The van der Waals surface area contributed by atoms with Crippen molar-refractivity contribution in [2.75, 3.05) is 20.3 Å². The van der Waals surface area contributed by atoms with E-state index in [1.165, 1.54) is 10.4 Å². The summed E-state index contributed by atoms with van der Waals surface area (Å²) in [5.41, 5.74) is 3.51. The van der Waals surface area contributed by atoms with Gasteiger partial charge in [0.05, 0.1) is 12.7 Å². The first kappa shape index (κ1) is 20.5. The number of methoxy groups -OCH3 is 1. The van der Waals surface area contributed by atoms with Crippen molar-refractivity contribution in [1.82, 2.24) is 9.47 Å². The van der Waals surface area contributed by atoms with Crippen molar-refractivity contribution in [1.29, 1.82) is 0 Å². The van der Waals surface area contributed by atoms with Crippen molar-refractivity contribution in [3.05, 3.63) is 51.3 Å². The molecule has 1 aromatic carbocycles. The molecule has 0 N–H and O–H groups in total. The summed E-state index contributed by atoms with van der Waals surface area (Å²) >= 11 is 1.73. The second kappa shape index (κ2) is 8.52. The smallest absolute Gasteiger partial charge is 0.341 e. The van der Waals surface area contributed by atoms with Crippen LogP contribution in [-0.4, -0.2) is 41.6 Å². The zero-order valence-corrected chi connectivity index (χ0v) is 18.4. The third kappa shape index (κ3) is 3.69. The fraction of sp³-hybridized carbons (Fsp3) is 0.391. The number of ether oxygens (including phenoxy) is 2. The fourth-order valence-electron chi connectivity index (χ4n) is 4.11. The predicted molar refractivity (Wildman–Crippen MR) is 117 cm³/mol. The van der Waals surface area contributed by atoms with Crippen molar-refractivity contribution < 1.29 is 19.1 Å². The minimum Gasteiger partial charge on any atom is -0.497 e. The number of aromatic nitrogens is 1. The summed E-state index contributed by atoms with van der Waals surface area (Å²) < 4.78 is 13.0. The number of aryl methyl sites for hydroxylation is 1. The van der Waals surface area contributed by atoms with E-state index in [4.69, 9.17) is 9.47 Å². The summed E-state index contributed by atoms with van der Waals surface area (Å²) in [4.78, 5) is 28.7. The van der Waals surface area contributed by atoms with Crippen LogP contribution in [-0.2, 0) is 29.0 Å². The van der Waals surface area contributed by atoms with Crippen LogP contribution < -0.4 is 4.74 Å². The van der Waals surface area contributed by atoms with Gasteiger partial charge in [-0.3, -0.25) is 4.79 Å². The minimum absolute atomic E-state index is 0.160. The van der Waals surface area contributed by atoms with Gasteiger partial charge < -0.3 is 18.9 Å². The van der Waals surface area contributed by atoms with Gasteiger partial charge >= 0.3 is 5.97 Å². The number of amides is 1. The van der Waals surface area contributed by atoms with Crippen LogP contribution >= 0.6 is 11.3 Å². The monoisotopic (exact) mass is 426 g/mol. The van der Waals surface area contributed by atoms with Gasteiger partial charge in [0.2, 0.25) is 0 Å². The molecule has 3 aromatic rings. The van der Waals surface area contributed by atoms with Crippen LogP contribution in [0.2, 0.25) is 0 Å². The average molecular weight is 427 g/mol. The lowest BCUT2D eigenvalue weighted by Gasteiger charge is -2.26. The molecule has 30 heavy (non-hydrogen) atoms. The molecule has 7 heteroatoms. The number of hydrogen-bond donors (Lipinski definition) is 0. The van der Waals surface area contributed by atoms with E-state index in [1.54, 1.807) is 23.3 Å². The topological polar surface area (TPSA) is 60.8 Å². The molecule has 6 nitrogen and oxygen atoms in total. The number of carbonyl (C=O) groups excluding carboxylic acids is 2. The summed E-state index contributed by atoms with van der Waals surface area (Å²) in [6, 6.07) is 7.77. The van der Waals surface area contributed by atoms with Gasteiger partial charge in [-0.15, -0.1) is 11.3 Å². The predicted octanol–water partition coefficient (Wildman–Crippen LogP) is 4.17. The summed E-state index contributed by atoms with van der Waals surface area (Å²) in [7, 11) is 1.60. The highest BCUT2D eigenvalue weighted by molar-refractivity contribution is 7.10. The first-order chi connectivity index (χ1) is 14.5. The van der Waals surface area contributed by atoms with Crippen molar-refractivity contribution in [2.24, 2.45) is 0 Å². The van der Waals surface area contributed by atoms with Gasteiger partial charge in [-0.05, 0) is 55.0 Å². The number of hydrogen-bond acceptors (Lipinski definition) is 5. The number of esters is 1. The number of fused-ring (bicyclic) bond motifs is 2. The van der Waals surface area contributed by atoms with Crippen LogP contribution in [0.3, 0.4) is 0 Å². The Kier molecular flexibility index (Phi) is 5.81. The maximum Gasteiger partial charge on any atom is 0.341 e. The maximum absolute atomic E-state index is 13.0. The Morgan fingerprint density at radius 2 is 2.07 bits per heavy atom. The molecule has 0 radical (unpaired) electrons. The van der Waals surface area contributed by atoms with Gasteiger partial charge in [0, 0.05) is 41.1 Å². The van der Waals surface area contributed by atoms with Gasteiger partial charge in [-0.25, -0.2) is 4.79 Å². The van der Waals surface area contributed by atoms with Gasteiger partial charge in [-0.2, -0.15) is 0 Å². The highest BCUT2D eigenvalue weighted by Gasteiger charge is 2.25. The molecule has 1 aliphatic rings. The lowest BCUT2D eigenvalue weighted by molar-refractivity contribution is -0.135. The van der Waals surface area contributed by atoms with Crippen molar-refractivity contribution >= 4 is 34.1 Å². The number of thiophene rings is 1. The molecule has 0 atom stereocenters. The molecular weight excluding hydrogens is 400 g/mol. The molecule has 1 amide bonds. The van der Waals surface area contributed by atoms with E-state index in [-0.39, 0.29) is 12.5 Å². The molecule has 158 valence electrons. The number of benzene rings is 1. The van der Waals surface area contributed by atoms with E-state index in [1.807, 2.05) is 25.1 Å². The Labute approximate surface area is 180 Å². The first-order valence-electron chi connectivity index (χ1n) is 10.2. The number of carbonyl (C=O) groups is 2. The van der Waals surface area contributed by atoms with Gasteiger partial charge in [0.15, 0.2) is 6.61 Å². The Morgan fingerprint density at radius 3 is 2.83 bits per heavy atom. The summed E-state index contributed by atoms with van der Waals surface area (Å²) in [6.45, 7) is 5.82. The van der Waals surface area contributed by atoms with E-state index in [9.17, 15) is 9.59 Å². The molecule has 2 aromatic heterocycles. The molecule has 0 bridgehead atoms. The van der Waals surface area contributed by atoms with E-state index in [2.05, 4.69) is 22.9 Å². The largest absolute Gasteiger partial charge is 0.497 e. The van der Waals surface area contributed by atoms with Crippen LogP contribution in [0.4, 0.5) is 0 Å². The van der Waals surface area contributed by atoms with Crippen LogP contribution in [0.1, 0.15) is 39.8 Å². The van der Waals surface area contributed by atoms with Crippen LogP contribution in [0.15, 0.2) is 29.6 Å². The van der Waals surface area contributed by atoms with Crippen molar-refractivity contribution in [3.63, 3.8) is 0 Å². The summed E-state index contributed by atoms with van der Waals surface area (Å²) in [5, 5.41) is 2.85. The van der Waals surface area contributed by atoms with Crippen molar-refractivity contribution in [3.8, 4) is 5.75 Å². The first-order valence-corrected chi connectivity index (χ1v) is 11.1. The number of rotatable bonds is 6. The van der Waals surface area contributed by atoms with Crippen molar-refractivity contribution in [2.45, 2.75) is 39.8 Å². The van der Waals surface area contributed by atoms with E-state index in [0.29, 0.717) is 24.4 Å². The Hall–Kier alpha value is -2.80. The summed E-state index contributed by atoms with van der Waals surface area (Å²) in [5.74, 6) is 0.0519. The molecular formula is C23H26N2O4S. The SMILES string of the molecule is CCCn1c(C)c(C(=O)OCC(=O)N2CCc3sccc3C2)c2cc(OC)ccc21. The molecule has 0 spiro atoms. The molecule has 1 aliphatic heterocycles. The highest BCUT2D eigenvalue weighted by atomic mass is 32.1. The van der Waals surface area contributed by atoms with Crippen LogP contribution in [0, 0.1) is 6.92 Å². The zero-order chi connectivity index (χ0) is 21.3. The molecule has 0 saturated carbocycles. The van der Waals surface area contributed by atoms with E-state index < -0.39 is 5.97 Å². The molecule has 0 saturated heterocycles. The quantitative estimate of drug-likeness (QED) is 0.555. The standard InChI is InChI=1S/C23H26N2O4S/c1-4-9-25-15(2)22(18-12-17(28-3)5-6-19(18)25)23(27)29-14-21(26)24-10-7-20-16(13-24)8-11-30-20/h5-6,8,11-12H,4,7,9-10,13-14H2,1-3H3. The molecule has 0 fully saturated rings. The Morgan fingerprint density at radius 1 is 1.23 bits per heavy atom. The number of nitrogens with zero attached hydrogens (tertiary/aromatic N) is 2. The second-order valence-corrected chi connectivity index (χ2v) is 8.51. The lowest BCUT2D eigenvalue weighted by atomic mass is 10.1. The van der Waals surface area contributed by atoms with E-state index >= 15 is 0 Å². The second-order valence-electron chi connectivity index (χ2n) is 7.51. The third-order valence-electron chi connectivity index (χ3n) is 5.67. The normalized spacial score (nSPS) is 13.4. The maximum atomic E-state index is 13.0. The van der Waals surface area contributed by atoms with Gasteiger partial charge in [0.25, 0.3) is 5.91 Å². The average Bonchev–Trinajstić information content (AvgIpc) is 3.33. The van der Waals surface area contributed by atoms with Crippen LogP contribution in [0.25, 0.3) is 10.9 Å². The molecule has 0 aliphatic carbocycles. The summed E-state index contributed by atoms with van der Waals surface area (Å²) in [6.07, 6.45) is 1.80. The van der Waals surface area contributed by atoms with E-state index in [0.717, 1.165) is 36.0 Å². The molecule has 0 unspecified atom stereocenters. The third-order valence-corrected chi connectivity index (χ3v) is 6.69.